The summed E-state index contributed by atoms with van der Waals surface area (Å²) in [5.41, 5.74) is 0.281. The highest BCUT2D eigenvalue weighted by Gasteiger charge is 2.46. The SMILES string of the molecule is C=CC1=C(C(=C)F)N(CC)C(=O)C1(C)CC.CCC. The van der Waals surface area contributed by atoms with Gasteiger partial charge < -0.3 is 4.90 Å². The van der Waals surface area contributed by atoms with Crippen LogP contribution >= 0.6 is 0 Å². The molecular weight excluding hydrogens is 241 g/mol. The van der Waals surface area contributed by atoms with Gasteiger partial charge in [-0.25, -0.2) is 4.39 Å². The van der Waals surface area contributed by atoms with E-state index in [1.165, 1.54) is 11.3 Å². The predicted octanol–water partition coefficient (Wildman–Crippen LogP) is 4.60. The lowest BCUT2D eigenvalue weighted by molar-refractivity contribution is -0.134. The summed E-state index contributed by atoms with van der Waals surface area (Å²) in [6.07, 6.45) is 3.44. The molecule has 1 atom stereocenters. The van der Waals surface area contributed by atoms with Crippen LogP contribution in [-0.4, -0.2) is 17.4 Å². The summed E-state index contributed by atoms with van der Waals surface area (Å²) in [6, 6.07) is 0. The van der Waals surface area contributed by atoms with Crippen LogP contribution in [0, 0.1) is 5.41 Å². The number of carbonyl (C=O) groups excluding carboxylic acids is 1. The smallest absolute Gasteiger partial charge is 0.237 e. The summed E-state index contributed by atoms with van der Waals surface area (Å²) < 4.78 is 13.4. The molecule has 1 unspecified atom stereocenters. The Labute approximate surface area is 116 Å². The van der Waals surface area contributed by atoms with Crippen molar-refractivity contribution < 1.29 is 9.18 Å². The second-order valence-corrected chi connectivity index (χ2v) is 4.81. The van der Waals surface area contributed by atoms with Crippen LogP contribution in [0.15, 0.2) is 36.3 Å². The van der Waals surface area contributed by atoms with Crippen molar-refractivity contribution in [3.8, 4) is 0 Å². The van der Waals surface area contributed by atoms with Crippen molar-refractivity contribution in [3.63, 3.8) is 0 Å². The number of halogens is 1. The van der Waals surface area contributed by atoms with E-state index in [0.717, 1.165) is 0 Å². The van der Waals surface area contributed by atoms with Crippen LogP contribution in [0.4, 0.5) is 4.39 Å². The molecule has 0 aromatic carbocycles. The maximum atomic E-state index is 13.4. The molecule has 0 bridgehead atoms. The van der Waals surface area contributed by atoms with Gasteiger partial charge in [-0.15, -0.1) is 0 Å². The van der Waals surface area contributed by atoms with Crippen molar-refractivity contribution in [2.24, 2.45) is 5.41 Å². The number of rotatable bonds is 4. The first-order chi connectivity index (χ1) is 8.85. The highest BCUT2D eigenvalue weighted by atomic mass is 19.1. The normalized spacial score (nSPS) is 22.2. The molecule has 19 heavy (non-hydrogen) atoms. The minimum atomic E-state index is -0.665. The number of amides is 1. The van der Waals surface area contributed by atoms with Crippen LogP contribution in [0.1, 0.15) is 47.5 Å². The predicted molar refractivity (Wildman–Crippen MR) is 79.2 cm³/mol. The Morgan fingerprint density at radius 2 is 1.84 bits per heavy atom. The zero-order chi connectivity index (χ0) is 15.2. The molecule has 0 aromatic heterocycles. The van der Waals surface area contributed by atoms with Crippen molar-refractivity contribution in [1.82, 2.24) is 4.90 Å². The van der Waals surface area contributed by atoms with E-state index in [2.05, 4.69) is 27.0 Å². The van der Waals surface area contributed by atoms with Gasteiger partial charge in [-0.1, -0.05) is 46.4 Å². The first kappa shape index (κ1) is 17.6. The molecular formula is C16H26FNO. The van der Waals surface area contributed by atoms with Crippen LogP contribution in [0.2, 0.25) is 0 Å². The fraction of sp³-hybridized carbons (Fsp3) is 0.562. The van der Waals surface area contributed by atoms with Crippen LogP contribution in [-0.2, 0) is 4.79 Å². The minimum Gasteiger partial charge on any atom is -0.309 e. The highest BCUT2D eigenvalue weighted by molar-refractivity contribution is 5.92. The molecule has 0 aromatic rings. The Balaban J connectivity index is 0.000000982. The second kappa shape index (κ2) is 7.27. The maximum absolute atomic E-state index is 13.4. The third-order valence-electron chi connectivity index (χ3n) is 3.32. The number of likely N-dealkylation sites (N-methyl/N-ethyl adjacent to an activating group) is 1. The molecule has 1 heterocycles. The summed E-state index contributed by atoms with van der Waals surface area (Å²) >= 11 is 0. The van der Waals surface area contributed by atoms with E-state index in [9.17, 15) is 9.18 Å². The number of hydrogen-bond acceptors (Lipinski definition) is 1. The third-order valence-corrected chi connectivity index (χ3v) is 3.32. The summed E-state index contributed by atoms with van der Waals surface area (Å²) in [5.74, 6) is -0.636. The molecule has 1 amide bonds. The van der Waals surface area contributed by atoms with Gasteiger partial charge in [0.1, 0.15) is 5.83 Å². The van der Waals surface area contributed by atoms with Gasteiger partial charge >= 0.3 is 0 Å². The number of nitrogens with zero attached hydrogens (tertiary/aromatic N) is 1. The first-order valence-corrected chi connectivity index (χ1v) is 6.89. The van der Waals surface area contributed by atoms with Crippen molar-refractivity contribution in [1.29, 1.82) is 0 Å². The van der Waals surface area contributed by atoms with E-state index in [1.54, 1.807) is 6.08 Å². The van der Waals surface area contributed by atoms with Gasteiger partial charge in [0, 0.05) is 6.54 Å². The van der Waals surface area contributed by atoms with E-state index in [0.29, 0.717) is 24.2 Å². The molecule has 0 spiro atoms. The molecule has 0 aliphatic carbocycles. The molecule has 0 fully saturated rings. The summed E-state index contributed by atoms with van der Waals surface area (Å²) in [4.78, 5) is 13.6. The van der Waals surface area contributed by atoms with Crippen molar-refractivity contribution in [2.45, 2.75) is 47.5 Å². The molecule has 108 valence electrons. The Morgan fingerprint density at radius 1 is 1.37 bits per heavy atom. The van der Waals surface area contributed by atoms with Crippen molar-refractivity contribution in [3.05, 3.63) is 36.3 Å². The molecule has 0 saturated carbocycles. The average molecular weight is 267 g/mol. The first-order valence-electron chi connectivity index (χ1n) is 6.89. The topological polar surface area (TPSA) is 20.3 Å². The Morgan fingerprint density at radius 3 is 2.11 bits per heavy atom. The third kappa shape index (κ3) is 3.14. The van der Waals surface area contributed by atoms with Gasteiger partial charge in [-0.3, -0.25) is 4.79 Å². The van der Waals surface area contributed by atoms with E-state index in [1.807, 2.05) is 20.8 Å². The molecule has 3 heteroatoms. The summed E-state index contributed by atoms with van der Waals surface area (Å²) in [5, 5.41) is 0. The Kier molecular flexibility index (Phi) is 6.74. The second-order valence-electron chi connectivity index (χ2n) is 4.81. The highest BCUT2D eigenvalue weighted by Crippen LogP contribution is 2.45. The zero-order valence-corrected chi connectivity index (χ0v) is 12.8. The fourth-order valence-electron chi connectivity index (χ4n) is 2.18. The lowest BCUT2D eigenvalue weighted by Crippen LogP contribution is -2.34. The summed E-state index contributed by atoms with van der Waals surface area (Å²) in [6.45, 7) is 17.2. The molecule has 0 saturated heterocycles. The molecule has 1 aliphatic rings. The average Bonchev–Trinajstić information content (AvgIpc) is 2.59. The summed E-state index contributed by atoms with van der Waals surface area (Å²) in [7, 11) is 0. The fourth-order valence-corrected chi connectivity index (χ4v) is 2.18. The molecule has 1 aliphatic heterocycles. The molecule has 0 radical (unpaired) electrons. The molecule has 1 rings (SSSR count). The Hall–Kier alpha value is -1.38. The number of carbonyl (C=O) groups is 1. The number of allylic oxidation sites excluding steroid dienone is 2. The zero-order valence-electron chi connectivity index (χ0n) is 12.8. The molecule has 0 N–H and O–H groups in total. The standard InChI is InChI=1S/C13H18FNO.C3H8/c1-6-10-11(9(4)14)15(8-3)12(16)13(10,5)7-2;1-3-2/h6H,1,4,7-8H2,2-3,5H3;3H2,1-2H3. The number of hydrogen-bond donors (Lipinski definition) is 0. The lowest BCUT2D eigenvalue weighted by Gasteiger charge is -2.23. The van der Waals surface area contributed by atoms with E-state index < -0.39 is 11.2 Å². The van der Waals surface area contributed by atoms with Gasteiger partial charge in [0.15, 0.2) is 0 Å². The Bertz CT molecular complexity index is 398. The van der Waals surface area contributed by atoms with E-state index >= 15 is 0 Å². The molecule has 2 nitrogen and oxygen atoms in total. The lowest BCUT2D eigenvalue weighted by atomic mass is 9.80. The van der Waals surface area contributed by atoms with Crippen LogP contribution in [0.25, 0.3) is 0 Å². The van der Waals surface area contributed by atoms with Gasteiger partial charge in [0.2, 0.25) is 5.91 Å². The van der Waals surface area contributed by atoms with Gasteiger partial charge in [0.25, 0.3) is 0 Å². The van der Waals surface area contributed by atoms with E-state index in [-0.39, 0.29) is 5.91 Å². The van der Waals surface area contributed by atoms with Crippen LogP contribution < -0.4 is 0 Å². The maximum Gasteiger partial charge on any atom is 0.237 e. The van der Waals surface area contributed by atoms with Crippen LogP contribution in [0.3, 0.4) is 0 Å². The van der Waals surface area contributed by atoms with Crippen LogP contribution in [0.5, 0.6) is 0 Å². The van der Waals surface area contributed by atoms with E-state index in [4.69, 9.17) is 0 Å². The van der Waals surface area contributed by atoms with Crippen molar-refractivity contribution >= 4 is 5.91 Å². The van der Waals surface area contributed by atoms with Crippen molar-refractivity contribution in [2.75, 3.05) is 6.54 Å². The largest absolute Gasteiger partial charge is 0.309 e. The van der Waals surface area contributed by atoms with Gasteiger partial charge in [0.05, 0.1) is 11.1 Å². The quantitative estimate of drug-likeness (QED) is 0.728. The van der Waals surface area contributed by atoms with Gasteiger partial charge in [-0.2, -0.15) is 0 Å². The minimum absolute atomic E-state index is 0.0683. The van der Waals surface area contributed by atoms with Gasteiger partial charge in [-0.05, 0) is 25.8 Å². The monoisotopic (exact) mass is 267 g/mol.